The monoisotopic (exact) mass is 322 g/mol. The molecule has 1 saturated heterocycles. The zero-order valence-electron chi connectivity index (χ0n) is 14.2. The van der Waals surface area contributed by atoms with E-state index in [0.717, 1.165) is 6.54 Å². The first-order valence-electron chi connectivity index (χ1n) is 8.17. The molecule has 1 amide bonds. The standard InChI is InChI=1S/C18H27FN2O2/c1-17(2,3)12-20-13-18(23)9-6-10-21(16(18)22)11-14-7-4-5-8-15(14)19/h4-5,7-8,20,23H,6,9-13H2,1-3H3/t18-/m0/s1. The quantitative estimate of drug-likeness (QED) is 0.875. The number of rotatable bonds is 5. The van der Waals surface area contributed by atoms with Crippen molar-refractivity contribution in [3.05, 3.63) is 35.6 Å². The van der Waals surface area contributed by atoms with E-state index >= 15 is 0 Å². The van der Waals surface area contributed by atoms with Crippen LogP contribution >= 0.6 is 0 Å². The molecule has 23 heavy (non-hydrogen) atoms. The lowest BCUT2D eigenvalue weighted by molar-refractivity contribution is -0.157. The molecule has 1 atom stereocenters. The van der Waals surface area contributed by atoms with Crippen molar-refractivity contribution in [2.75, 3.05) is 19.6 Å². The Morgan fingerprint density at radius 1 is 1.35 bits per heavy atom. The van der Waals surface area contributed by atoms with Gasteiger partial charge in [0.15, 0.2) is 5.60 Å². The summed E-state index contributed by atoms with van der Waals surface area (Å²) < 4.78 is 13.8. The summed E-state index contributed by atoms with van der Waals surface area (Å²) >= 11 is 0. The van der Waals surface area contributed by atoms with E-state index in [4.69, 9.17) is 0 Å². The summed E-state index contributed by atoms with van der Waals surface area (Å²) in [6.07, 6.45) is 1.16. The molecular weight excluding hydrogens is 295 g/mol. The van der Waals surface area contributed by atoms with Crippen LogP contribution in [0.15, 0.2) is 24.3 Å². The summed E-state index contributed by atoms with van der Waals surface area (Å²) in [6, 6.07) is 6.45. The van der Waals surface area contributed by atoms with Gasteiger partial charge in [0.05, 0.1) is 0 Å². The lowest BCUT2D eigenvalue weighted by Gasteiger charge is -2.39. The van der Waals surface area contributed by atoms with Crippen LogP contribution in [0.3, 0.4) is 0 Å². The second-order valence-electron chi connectivity index (χ2n) is 7.62. The van der Waals surface area contributed by atoms with Crippen LogP contribution in [0.25, 0.3) is 0 Å². The first-order valence-corrected chi connectivity index (χ1v) is 8.17. The van der Waals surface area contributed by atoms with Crippen LogP contribution in [-0.4, -0.2) is 41.1 Å². The number of piperidine rings is 1. The number of likely N-dealkylation sites (tertiary alicyclic amines) is 1. The van der Waals surface area contributed by atoms with Gasteiger partial charge >= 0.3 is 0 Å². The average Bonchev–Trinajstić information content (AvgIpc) is 2.45. The van der Waals surface area contributed by atoms with Crippen molar-refractivity contribution in [1.29, 1.82) is 0 Å². The maximum atomic E-state index is 13.8. The summed E-state index contributed by atoms with van der Waals surface area (Å²) in [7, 11) is 0. The SMILES string of the molecule is CC(C)(C)CNC[C@@]1(O)CCCN(Cc2ccccc2F)C1=O. The van der Waals surface area contributed by atoms with Gasteiger partial charge in [-0.2, -0.15) is 0 Å². The number of nitrogens with one attached hydrogen (secondary N) is 1. The van der Waals surface area contributed by atoms with E-state index in [1.165, 1.54) is 6.07 Å². The number of carbonyl (C=O) groups is 1. The van der Waals surface area contributed by atoms with Crippen LogP contribution < -0.4 is 5.32 Å². The smallest absolute Gasteiger partial charge is 0.256 e. The van der Waals surface area contributed by atoms with Crippen molar-refractivity contribution in [2.24, 2.45) is 5.41 Å². The van der Waals surface area contributed by atoms with E-state index < -0.39 is 5.60 Å². The lowest BCUT2D eigenvalue weighted by atomic mass is 9.90. The molecule has 0 radical (unpaired) electrons. The Labute approximate surface area is 137 Å². The summed E-state index contributed by atoms with van der Waals surface area (Å²) in [5, 5.41) is 13.9. The van der Waals surface area contributed by atoms with Crippen molar-refractivity contribution in [1.82, 2.24) is 10.2 Å². The highest BCUT2D eigenvalue weighted by molar-refractivity contribution is 5.86. The highest BCUT2D eigenvalue weighted by Gasteiger charge is 2.42. The van der Waals surface area contributed by atoms with Crippen LogP contribution in [0.1, 0.15) is 39.2 Å². The normalized spacial score (nSPS) is 22.5. The summed E-state index contributed by atoms with van der Waals surface area (Å²) in [5.74, 6) is -0.631. The summed E-state index contributed by atoms with van der Waals surface area (Å²) in [4.78, 5) is 14.2. The Morgan fingerprint density at radius 3 is 2.70 bits per heavy atom. The average molecular weight is 322 g/mol. The molecule has 1 fully saturated rings. The van der Waals surface area contributed by atoms with Crippen molar-refractivity contribution in [3.63, 3.8) is 0 Å². The number of hydrogen-bond donors (Lipinski definition) is 2. The fraction of sp³-hybridized carbons (Fsp3) is 0.611. The predicted molar refractivity (Wildman–Crippen MR) is 88.3 cm³/mol. The minimum Gasteiger partial charge on any atom is -0.379 e. The van der Waals surface area contributed by atoms with Gasteiger partial charge in [0.1, 0.15) is 5.82 Å². The topological polar surface area (TPSA) is 52.6 Å². The molecule has 5 heteroatoms. The van der Waals surface area contributed by atoms with Crippen LogP contribution in [0, 0.1) is 11.2 Å². The minimum absolute atomic E-state index is 0.0843. The zero-order valence-corrected chi connectivity index (χ0v) is 14.2. The van der Waals surface area contributed by atoms with Gasteiger partial charge in [-0.1, -0.05) is 39.0 Å². The second kappa shape index (κ2) is 6.97. The molecule has 0 unspecified atom stereocenters. The second-order valence-corrected chi connectivity index (χ2v) is 7.62. The summed E-state index contributed by atoms with van der Waals surface area (Å²) in [5.41, 5.74) is -0.830. The fourth-order valence-electron chi connectivity index (χ4n) is 2.86. The molecule has 1 aliphatic heterocycles. The Morgan fingerprint density at radius 2 is 2.04 bits per heavy atom. The van der Waals surface area contributed by atoms with Crippen molar-refractivity contribution < 1.29 is 14.3 Å². The van der Waals surface area contributed by atoms with Crippen molar-refractivity contribution in [3.8, 4) is 0 Å². The molecule has 4 nitrogen and oxygen atoms in total. The molecule has 2 N–H and O–H groups in total. The number of aliphatic hydroxyl groups is 1. The molecular formula is C18H27FN2O2. The molecule has 1 aromatic rings. The number of benzene rings is 1. The number of nitrogens with zero attached hydrogens (tertiary/aromatic N) is 1. The molecule has 0 saturated carbocycles. The first-order chi connectivity index (χ1) is 10.7. The van der Waals surface area contributed by atoms with Crippen LogP contribution in [0.5, 0.6) is 0 Å². The molecule has 1 aromatic carbocycles. The highest BCUT2D eigenvalue weighted by Crippen LogP contribution is 2.24. The molecule has 1 heterocycles. The number of carbonyl (C=O) groups excluding carboxylic acids is 1. The largest absolute Gasteiger partial charge is 0.379 e. The van der Waals surface area contributed by atoms with Crippen molar-refractivity contribution >= 4 is 5.91 Å². The molecule has 0 aliphatic carbocycles. The van der Waals surface area contributed by atoms with Crippen LogP contribution in [0.4, 0.5) is 4.39 Å². The zero-order chi connectivity index (χ0) is 17.1. The molecule has 128 valence electrons. The molecule has 1 aliphatic rings. The van der Waals surface area contributed by atoms with Gasteiger partial charge in [-0.25, -0.2) is 4.39 Å². The van der Waals surface area contributed by atoms with Gasteiger partial charge in [0.25, 0.3) is 5.91 Å². The van der Waals surface area contributed by atoms with Gasteiger partial charge in [-0.15, -0.1) is 0 Å². The lowest BCUT2D eigenvalue weighted by Crippen LogP contribution is -2.58. The van der Waals surface area contributed by atoms with Crippen LogP contribution in [0.2, 0.25) is 0 Å². The third-order valence-corrected chi connectivity index (χ3v) is 4.10. The van der Waals surface area contributed by atoms with Gasteiger partial charge in [-0.3, -0.25) is 4.79 Å². The molecule has 0 aromatic heterocycles. The highest BCUT2D eigenvalue weighted by atomic mass is 19.1. The van der Waals surface area contributed by atoms with Gasteiger partial charge in [0.2, 0.25) is 0 Å². The minimum atomic E-state index is -1.39. The first kappa shape index (κ1) is 17.9. The number of halogens is 1. The Balaban J connectivity index is 2.01. The fourth-order valence-corrected chi connectivity index (χ4v) is 2.86. The Hall–Kier alpha value is -1.46. The molecule has 0 spiro atoms. The maximum absolute atomic E-state index is 13.8. The Kier molecular flexibility index (Phi) is 5.42. The maximum Gasteiger partial charge on any atom is 0.256 e. The number of amides is 1. The Bertz CT molecular complexity index is 556. The predicted octanol–water partition coefficient (Wildman–Crippen LogP) is 2.31. The van der Waals surface area contributed by atoms with E-state index in [-0.39, 0.29) is 30.2 Å². The van der Waals surface area contributed by atoms with Crippen LogP contribution in [-0.2, 0) is 11.3 Å². The van der Waals surface area contributed by atoms with Gasteiger partial charge in [0, 0.05) is 31.7 Å². The van der Waals surface area contributed by atoms with Crippen molar-refractivity contribution in [2.45, 2.75) is 45.8 Å². The van der Waals surface area contributed by atoms with E-state index in [0.29, 0.717) is 24.9 Å². The third-order valence-electron chi connectivity index (χ3n) is 4.10. The van der Waals surface area contributed by atoms with E-state index in [2.05, 4.69) is 26.1 Å². The van der Waals surface area contributed by atoms with E-state index in [1.807, 2.05) is 0 Å². The molecule has 2 rings (SSSR count). The van der Waals surface area contributed by atoms with Gasteiger partial charge in [-0.05, 0) is 24.3 Å². The molecule has 0 bridgehead atoms. The van der Waals surface area contributed by atoms with E-state index in [9.17, 15) is 14.3 Å². The van der Waals surface area contributed by atoms with Gasteiger partial charge < -0.3 is 15.3 Å². The number of hydrogen-bond acceptors (Lipinski definition) is 3. The van der Waals surface area contributed by atoms with E-state index in [1.54, 1.807) is 23.1 Å². The summed E-state index contributed by atoms with van der Waals surface area (Å²) in [6.45, 7) is 7.99. The third kappa shape index (κ3) is 4.75.